The average Bonchev–Trinajstić information content (AvgIpc) is 2.47. The van der Waals surface area contributed by atoms with E-state index in [0.29, 0.717) is 23.3 Å². The van der Waals surface area contributed by atoms with Crippen molar-refractivity contribution < 1.29 is 14.3 Å². The predicted molar refractivity (Wildman–Crippen MR) is 90.1 cm³/mol. The van der Waals surface area contributed by atoms with Gasteiger partial charge in [0.25, 0.3) is 0 Å². The van der Waals surface area contributed by atoms with Crippen molar-refractivity contribution in [2.24, 2.45) is 0 Å². The fourth-order valence-electron chi connectivity index (χ4n) is 2.86. The SMILES string of the molecule is C=CC(C)(C)c1cc2ccc3c(c2oc1=O)CC(O)C(C)(C)O3. The molecule has 1 aliphatic rings. The maximum atomic E-state index is 12.4. The lowest BCUT2D eigenvalue weighted by atomic mass is 9.85. The molecule has 0 bridgehead atoms. The molecule has 122 valence electrons. The highest BCUT2D eigenvalue weighted by Gasteiger charge is 2.37. The first-order valence-electron chi connectivity index (χ1n) is 7.76. The van der Waals surface area contributed by atoms with Crippen LogP contribution >= 0.6 is 0 Å². The van der Waals surface area contributed by atoms with E-state index in [4.69, 9.17) is 9.15 Å². The Morgan fingerprint density at radius 2 is 2.09 bits per heavy atom. The van der Waals surface area contributed by atoms with Crippen molar-refractivity contribution in [2.75, 3.05) is 0 Å². The van der Waals surface area contributed by atoms with Gasteiger partial charge in [-0.25, -0.2) is 4.79 Å². The summed E-state index contributed by atoms with van der Waals surface area (Å²) < 4.78 is 11.5. The molecular weight excluding hydrogens is 292 g/mol. The molecule has 2 heterocycles. The molecule has 0 radical (unpaired) electrons. The number of benzene rings is 1. The monoisotopic (exact) mass is 314 g/mol. The van der Waals surface area contributed by atoms with Crippen LogP contribution in [0, 0.1) is 0 Å². The maximum Gasteiger partial charge on any atom is 0.340 e. The molecule has 4 nitrogen and oxygen atoms in total. The molecule has 2 aromatic rings. The fraction of sp³-hybridized carbons (Fsp3) is 0.421. The number of hydrogen-bond donors (Lipinski definition) is 1. The molecule has 1 unspecified atom stereocenters. The van der Waals surface area contributed by atoms with Crippen LogP contribution < -0.4 is 10.4 Å². The average molecular weight is 314 g/mol. The highest BCUT2D eigenvalue weighted by atomic mass is 16.5. The molecule has 1 aromatic heterocycles. The van der Waals surface area contributed by atoms with Crippen LogP contribution in [0.3, 0.4) is 0 Å². The fourth-order valence-corrected chi connectivity index (χ4v) is 2.86. The smallest absolute Gasteiger partial charge is 0.340 e. The van der Waals surface area contributed by atoms with Gasteiger partial charge in [-0.2, -0.15) is 0 Å². The predicted octanol–water partition coefficient (Wildman–Crippen LogP) is 3.33. The summed E-state index contributed by atoms with van der Waals surface area (Å²) in [6, 6.07) is 5.60. The molecule has 23 heavy (non-hydrogen) atoms. The third-order valence-electron chi connectivity index (χ3n) is 4.74. The molecule has 0 fully saturated rings. The lowest BCUT2D eigenvalue weighted by Crippen LogP contribution is -2.46. The molecule has 1 aromatic carbocycles. The van der Waals surface area contributed by atoms with Crippen LogP contribution in [0.1, 0.15) is 38.8 Å². The van der Waals surface area contributed by atoms with E-state index in [-0.39, 0.29) is 5.63 Å². The van der Waals surface area contributed by atoms with Gasteiger partial charge in [-0.1, -0.05) is 19.9 Å². The van der Waals surface area contributed by atoms with E-state index in [1.807, 2.05) is 45.9 Å². The van der Waals surface area contributed by atoms with E-state index >= 15 is 0 Å². The maximum absolute atomic E-state index is 12.4. The van der Waals surface area contributed by atoms with Crippen LogP contribution in [-0.2, 0) is 11.8 Å². The van der Waals surface area contributed by atoms with Crippen LogP contribution in [0.5, 0.6) is 5.75 Å². The number of fused-ring (bicyclic) bond motifs is 3. The first-order valence-corrected chi connectivity index (χ1v) is 7.76. The Hall–Kier alpha value is -2.07. The van der Waals surface area contributed by atoms with Gasteiger partial charge >= 0.3 is 5.63 Å². The van der Waals surface area contributed by atoms with Crippen LogP contribution in [0.25, 0.3) is 11.0 Å². The van der Waals surface area contributed by atoms with Crippen molar-refractivity contribution in [3.8, 4) is 5.75 Å². The lowest BCUT2D eigenvalue weighted by molar-refractivity contribution is -0.0409. The summed E-state index contributed by atoms with van der Waals surface area (Å²) in [4.78, 5) is 12.4. The van der Waals surface area contributed by atoms with Crippen LogP contribution in [0.4, 0.5) is 0 Å². The Balaban J connectivity index is 2.24. The number of hydrogen-bond acceptors (Lipinski definition) is 4. The minimum absolute atomic E-state index is 0.380. The van der Waals surface area contributed by atoms with Gasteiger partial charge in [-0.05, 0) is 32.0 Å². The largest absolute Gasteiger partial charge is 0.485 e. The first kappa shape index (κ1) is 15.8. The molecule has 1 aliphatic heterocycles. The second-order valence-electron chi connectivity index (χ2n) is 7.26. The van der Waals surface area contributed by atoms with Crippen molar-refractivity contribution in [1.29, 1.82) is 0 Å². The summed E-state index contributed by atoms with van der Waals surface area (Å²) in [5.41, 5.74) is 0.293. The molecule has 0 saturated heterocycles. The minimum Gasteiger partial charge on any atom is -0.485 e. The lowest BCUT2D eigenvalue weighted by Gasteiger charge is -2.37. The highest BCUT2D eigenvalue weighted by molar-refractivity contribution is 5.83. The Bertz CT molecular complexity index is 842. The van der Waals surface area contributed by atoms with E-state index in [2.05, 4.69) is 6.58 Å². The van der Waals surface area contributed by atoms with Crippen molar-refractivity contribution in [2.45, 2.75) is 51.2 Å². The summed E-state index contributed by atoms with van der Waals surface area (Å²) in [5, 5.41) is 11.1. The van der Waals surface area contributed by atoms with E-state index in [9.17, 15) is 9.90 Å². The van der Waals surface area contributed by atoms with Gasteiger partial charge in [0.1, 0.15) is 16.9 Å². The Kier molecular flexibility index (Phi) is 3.41. The molecule has 1 atom stereocenters. The number of aliphatic hydroxyl groups is 1. The van der Waals surface area contributed by atoms with E-state index in [1.165, 1.54) is 0 Å². The van der Waals surface area contributed by atoms with E-state index in [1.54, 1.807) is 6.08 Å². The number of aliphatic hydroxyl groups excluding tert-OH is 1. The molecule has 0 aliphatic carbocycles. The van der Waals surface area contributed by atoms with Gasteiger partial charge in [-0.15, -0.1) is 6.58 Å². The highest BCUT2D eigenvalue weighted by Crippen LogP contribution is 2.38. The van der Waals surface area contributed by atoms with Gasteiger partial charge in [0.05, 0.1) is 6.10 Å². The molecule has 0 spiro atoms. The van der Waals surface area contributed by atoms with Gasteiger partial charge in [-0.3, -0.25) is 0 Å². The van der Waals surface area contributed by atoms with Gasteiger partial charge in [0.15, 0.2) is 0 Å². The molecule has 4 heteroatoms. The van der Waals surface area contributed by atoms with E-state index < -0.39 is 17.1 Å². The Morgan fingerprint density at radius 3 is 2.74 bits per heavy atom. The standard InChI is InChI=1S/C19H22O4/c1-6-18(2,3)13-9-11-7-8-14-12(16(11)22-17(13)21)10-15(20)19(4,5)23-14/h6-9,15,20H,1,10H2,2-5H3. The molecular formula is C19H22O4. The van der Waals surface area contributed by atoms with Crippen LogP contribution in [0.15, 0.2) is 40.1 Å². The summed E-state index contributed by atoms with van der Waals surface area (Å²) in [5.74, 6) is 0.659. The number of allylic oxidation sites excluding steroid dienone is 1. The normalized spacial score (nSPS) is 20.0. The van der Waals surface area contributed by atoms with Crippen molar-refractivity contribution >= 4 is 11.0 Å². The quantitative estimate of drug-likeness (QED) is 0.682. The topological polar surface area (TPSA) is 59.7 Å². The van der Waals surface area contributed by atoms with E-state index in [0.717, 1.165) is 10.9 Å². The summed E-state index contributed by atoms with van der Waals surface area (Å²) >= 11 is 0. The minimum atomic E-state index is -0.661. The van der Waals surface area contributed by atoms with Crippen molar-refractivity contribution in [3.05, 3.63) is 52.4 Å². The number of ether oxygens (including phenoxy) is 1. The van der Waals surface area contributed by atoms with Gasteiger partial charge < -0.3 is 14.3 Å². The Labute approximate surface area is 135 Å². The van der Waals surface area contributed by atoms with Gasteiger partial charge in [0, 0.05) is 28.3 Å². The Morgan fingerprint density at radius 1 is 1.39 bits per heavy atom. The molecule has 0 amide bonds. The third-order valence-corrected chi connectivity index (χ3v) is 4.74. The van der Waals surface area contributed by atoms with Crippen molar-refractivity contribution in [3.63, 3.8) is 0 Å². The first-order chi connectivity index (χ1) is 10.7. The zero-order valence-corrected chi connectivity index (χ0v) is 14.0. The number of rotatable bonds is 2. The molecule has 3 rings (SSSR count). The van der Waals surface area contributed by atoms with Crippen LogP contribution in [-0.4, -0.2) is 16.8 Å². The summed E-state index contributed by atoms with van der Waals surface area (Å²) in [7, 11) is 0. The van der Waals surface area contributed by atoms with Gasteiger partial charge in [0.2, 0.25) is 0 Å². The second kappa shape index (κ2) is 4.96. The van der Waals surface area contributed by atoms with Crippen LogP contribution in [0.2, 0.25) is 0 Å². The zero-order valence-electron chi connectivity index (χ0n) is 14.0. The summed E-state index contributed by atoms with van der Waals surface area (Å²) in [6.45, 7) is 11.3. The zero-order chi connectivity index (χ0) is 17.0. The van der Waals surface area contributed by atoms with Crippen molar-refractivity contribution in [1.82, 2.24) is 0 Å². The third kappa shape index (κ3) is 2.47. The molecule has 1 N–H and O–H groups in total. The molecule has 0 saturated carbocycles. The summed E-state index contributed by atoms with van der Waals surface area (Å²) in [6.07, 6.45) is 1.47. The second-order valence-corrected chi connectivity index (χ2v) is 7.26.